The minimum atomic E-state index is -5.30. The third-order valence-corrected chi connectivity index (χ3v) is 9.26. The third-order valence-electron chi connectivity index (χ3n) is 9.26. The van der Waals surface area contributed by atoms with E-state index in [4.69, 9.17) is 0 Å². The molecule has 14 nitrogen and oxygen atoms in total. The van der Waals surface area contributed by atoms with Crippen molar-refractivity contribution in [2.75, 3.05) is 13.6 Å². The van der Waals surface area contributed by atoms with Crippen molar-refractivity contribution < 1.29 is 81.2 Å². The minimum Gasteiger partial charge on any atom is -0.367 e. The van der Waals surface area contributed by atoms with Gasteiger partial charge in [0.15, 0.2) is 5.72 Å². The van der Waals surface area contributed by atoms with Crippen LogP contribution in [0.15, 0.2) is 36.4 Å². The molecule has 2 aromatic rings. The van der Waals surface area contributed by atoms with Crippen LogP contribution in [-0.2, 0) is 22.9 Å². The Morgan fingerprint density at radius 3 is 1.86 bits per heavy atom. The molecule has 0 radical (unpaired) electrons. The van der Waals surface area contributed by atoms with Crippen molar-refractivity contribution in [1.29, 1.82) is 0 Å². The Balaban J connectivity index is 1.80. The van der Waals surface area contributed by atoms with E-state index in [-0.39, 0.29) is 34.2 Å². The average Bonchev–Trinajstić information content (AvgIpc) is 2.98. The first-order valence-corrected chi connectivity index (χ1v) is 14.9. The molecule has 0 aromatic heterocycles. The third kappa shape index (κ3) is 6.84. The van der Waals surface area contributed by atoms with Gasteiger partial charge in [0.2, 0.25) is 12.1 Å². The largest absolute Gasteiger partial charge is 0.416 e. The van der Waals surface area contributed by atoms with Crippen LogP contribution in [0.2, 0.25) is 0 Å². The van der Waals surface area contributed by atoms with Crippen LogP contribution in [0.3, 0.4) is 0 Å². The molecule has 2 aliphatic rings. The van der Waals surface area contributed by atoms with Gasteiger partial charge in [-0.05, 0) is 68.1 Å². The summed E-state index contributed by atoms with van der Waals surface area (Å²) in [4.78, 5) is 26.9. The molecule has 0 saturated carbocycles. The highest BCUT2D eigenvalue weighted by molar-refractivity contribution is 5.76. The molecule has 3 amide bonds. The molecule has 4 unspecified atom stereocenters. The number of piperazine rings is 1. The van der Waals surface area contributed by atoms with Crippen molar-refractivity contribution >= 4 is 11.9 Å². The zero-order valence-corrected chi connectivity index (χ0v) is 27.1. The van der Waals surface area contributed by atoms with Crippen molar-refractivity contribution in [3.63, 3.8) is 0 Å². The molecule has 4 rings (SSSR count). The quantitative estimate of drug-likeness (QED) is 0.164. The Morgan fingerprint density at radius 2 is 1.39 bits per heavy atom. The van der Waals surface area contributed by atoms with E-state index in [2.05, 4.69) is 0 Å². The number of likely N-dealkylation sites (tertiary alicyclic amines) is 1. The highest BCUT2D eigenvalue weighted by Gasteiger charge is 2.73. The van der Waals surface area contributed by atoms with Gasteiger partial charge in [-0.15, -0.1) is 0 Å². The Hall–Kier alpha value is -3.67. The first-order chi connectivity index (χ1) is 23.0. The molecule has 2 fully saturated rings. The van der Waals surface area contributed by atoms with Crippen molar-refractivity contribution in [2.24, 2.45) is 0 Å². The maximum Gasteiger partial charge on any atom is 0.416 e. The van der Waals surface area contributed by atoms with Gasteiger partial charge in [-0.3, -0.25) is 14.6 Å². The van der Waals surface area contributed by atoms with Crippen molar-refractivity contribution in [3.05, 3.63) is 70.0 Å². The number of aliphatic hydroxyl groups excluding tert-OH is 1. The summed E-state index contributed by atoms with van der Waals surface area (Å²) in [5.74, 6) is -14.3. The smallest absolute Gasteiger partial charge is 0.367 e. The Labute approximate surface area is 284 Å². The molecular weight excluding hydrogens is 709 g/mol. The molecule has 2 aliphatic heterocycles. The predicted octanol–water partition coefficient (Wildman–Crippen LogP) is 0.992. The molecule has 2 heterocycles. The Kier molecular flexibility index (Phi) is 10.0. The molecule has 51 heavy (non-hydrogen) atoms. The molecule has 284 valence electrons. The number of rotatable bonds is 4. The number of alkyl halides is 6. The van der Waals surface area contributed by atoms with Gasteiger partial charge < -0.3 is 45.8 Å². The lowest BCUT2D eigenvalue weighted by molar-refractivity contribution is -0.554. The summed E-state index contributed by atoms with van der Waals surface area (Å²) in [6.45, 7) is 2.15. The number of hydrogen-bond donors (Lipinski definition) is 8. The fourth-order valence-electron chi connectivity index (χ4n) is 6.45. The van der Waals surface area contributed by atoms with E-state index in [0.717, 1.165) is 31.0 Å². The van der Waals surface area contributed by atoms with E-state index in [0.29, 0.717) is 11.8 Å². The summed E-state index contributed by atoms with van der Waals surface area (Å²) in [7, 11) is 0.860. The number of nitrogens with zero attached hydrogens (tertiary/aromatic N) is 4. The predicted molar refractivity (Wildman–Crippen MR) is 155 cm³/mol. The number of urea groups is 1. The highest BCUT2D eigenvalue weighted by atomic mass is 19.4. The number of amides is 3. The van der Waals surface area contributed by atoms with E-state index < -0.39 is 113 Å². The van der Waals surface area contributed by atoms with Gasteiger partial charge in [0.1, 0.15) is 5.82 Å². The van der Waals surface area contributed by atoms with E-state index in [1.807, 2.05) is 0 Å². The number of carbonyl (C=O) groups is 2. The van der Waals surface area contributed by atoms with Crippen molar-refractivity contribution in [3.8, 4) is 0 Å². The molecule has 8 N–H and O–H groups in total. The summed E-state index contributed by atoms with van der Waals surface area (Å²) in [6.07, 6.45) is -14.7. The number of halogens is 7. The van der Waals surface area contributed by atoms with E-state index in [1.54, 1.807) is 0 Å². The number of benzene rings is 2. The van der Waals surface area contributed by atoms with Crippen LogP contribution in [0.25, 0.3) is 0 Å². The zero-order valence-electron chi connectivity index (χ0n) is 27.1. The van der Waals surface area contributed by atoms with E-state index in [9.17, 15) is 81.2 Å². The number of aliphatic hydroxyl groups is 8. The van der Waals surface area contributed by atoms with Crippen LogP contribution in [0.4, 0.5) is 35.5 Å². The number of hydrogen-bond acceptors (Lipinski definition) is 11. The first kappa shape index (κ1) is 40.1. The molecule has 2 saturated heterocycles. The topological polar surface area (TPSA) is 209 Å². The van der Waals surface area contributed by atoms with Gasteiger partial charge in [0.25, 0.3) is 5.91 Å². The fourth-order valence-corrected chi connectivity index (χ4v) is 6.45. The van der Waals surface area contributed by atoms with Gasteiger partial charge >= 0.3 is 30.2 Å². The van der Waals surface area contributed by atoms with Crippen LogP contribution in [0, 0.1) is 12.7 Å². The summed E-state index contributed by atoms with van der Waals surface area (Å²) < 4.78 is 95.8. The first-order valence-electron chi connectivity index (χ1n) is 14.9. The van der Waals surface area contributed by atoms with Gasteiger partial charge in [-0.1, -0.05) is 6.07 Å². The van der Waals surface area contributed by atoms with Crippen LogP contribution in [-0.4, -0.2) is 116 Å². The maximum absolute atomic E-state index is 14.1. The second kappa shape index (κ2) is 12.8. The second-order valence-corrected chi connectivity index (χ2v) is 12.6. The van der Waals surface area contributed by atoms with Gasteiger partial charge in [-0.25, -0.2) is 9.18 Å². The molecular formula is C30H35F7N4O10. The summed E-state index contributed by atoms with van der Waals surface area (Å²) in [6, 6.07) is -0.930. The summed E-state index contributed by atoms with van der Waals surface area (Å²) >= 11 is 0. The molecule has 0 spiro atoms. The Bertz CT molecular complexity index is 1650. The SMILES string of the molecule is CC(=O)N1C(O)C(O)(O)N(C2CCN(C(=O)N(C)C(C)(O)c3cc(C(F)(F)F)cc(C(F)(F)F)c3)C(c3ccc(F)cc3C)C2)C(O)(O)C1(O)O. The Morgan fingerprint density at radius 1 is 0.882 bits per heavy atom. The van der Waals surface area contributed by atoms with E-state index in [1.165, 1.54) is 13.0 Å². The monoisotopic (exact) mass is 744 g/mol. The minimum absolute atomic E-state index is 0.0889. The van der Waals surface area contributed by atoms with Crippen molar-refractivity contribution in [2.45, 2.75) is 87.7 Å². The van der Waals surface area contributed by atoms with Gasteiger partial charge in [-0.2, -0.15) is 31.2 Å². The molecule has 0 aliphatic carbocycles. The van der Waals surface area contributed by atoms with Gasteiger partial charge in [0.05, 0.1) is 17.2 Å². The molecule has 21 heteroatoms. The summed E-state index contributed by atoms with van der Waals surface area (Å²) in [5.41, 5.74) is -7.18. The average molecular weight is 745 g/mol. The van der Waals surface area contributed by atoms with Crippen LogP contribution in [0.5, 0.6) is 0 Å². The van der Waals surface area contributed by atoms with Crippen molar-refractivity contribution in [1.82, 2.24) is 19.6 Å². The van der Waals surface area contributed by atoms with Gasteiger partial charge in [0, 0.05) is 32.1 Å². The van der Waals surface area contributed by atoms with Crippen LogP contribution in [0.1, 0.15) is 60.5 Å². The number of aryl methyl sites for hydroxylation is 1. The fraction of sp³-hybridized carbons (Fsp3) is 0.533. The van der Waals surface area contributed by atoms with Crippen LogP contribution >= 0.6 is 0 Å². The lowest BCUT2D eigenvalue weighted by Gasteiger charge is -2.60. The van der Waals surface area contributed by atoms with Crippen LogP contribution < -0.4 is 0 Å². The van der Waals surface area contributed by atoms with E-state index >= 15 is 0 Å². The molecule has 4 atom stereocenters. The lowest BCUT2D eigenvalue weighted by Crippen LogP contribution is -2.87. The molecule has 2 aromatic carbocycles. The number of carbonyl (C=O) groups excluding carboxylic acids is 2. The normalized spacial score (nSPS) is 25.0. The zero-order chi connectivity index (χ0) is 39.0. The lowest BCUT2D eigenvalue weighted by atomic mass is 9.87. The highest BCUT2D eigenvalue weighted by Crippen LogP contribution is 2.46. The second-order valence-electron chi connectivity index (χ2n) is 12.6. The standard InChI is InChI=1S/C30H35F7N4O10/c1-14-9-19(31)5-6-21(14)22-13-20(41-28(46,47)23(43)40(15(2)42)29(48,49)30(41,50)51)7-8-39(22)24(44)38(4)25(3,45)16-10-17(26(32,33)34)12-18(11-16)27(35,36)37/h5-6,9-12,20,22-23,43,45-51H,7-8,13H2,1-4H3. The summed E-state index contributed by atoms with van der Waals surface area (Å²) in [5, 5.41) is 86.8. The number of piperidine rings is 1. The molecule has 0 bridgehead atoms. The maximum atomic E-state index is 14.1.